The molecule has 0 rings (SSSR count). The first-order chi connectivity index (χ1) is 1.41. The van der Waals surface area contributed by atoms with Gasteiger partial charge in [0, 0.05) is 17.1 Å². The summed E-state index contributed by atoms with van der Waals surface area (Å²) >= 11 is 0. The molecule has 0 atom stereocenters. The van der Waals surface area contributed by atoms with E-state index in [9.17, 15) is 0 Å². The normalized spacial score (nSPS) is 2.00. The summed E-state index contributed by atoms with van der Waals surface area (Å²) in [6.45, 7) is 0. The molecule has 0 aromatic rings. The van der Waals surface area contributed by atoms with Crippen molar-refractivity contribution in [2.45, 2.75) is 0 Å². The van der Waals surface area contributed by atoms with Crippen molar-refractivity contribution >= 4 is 23.1 Å². The molecular weight excluding hydrogens is 121 g/mol. The van der Waals surface area contributed by atoms with E-state index in [-0.39, 0.29) is 17.1 Å². The van der Waals surface area contributed by atoms with E-state index in [1.54, 1.807) is 0 Å². The van der Waals surface area contributed by atoms with Gasteiger partial charge in [0.1, 0.15) is 0 Å². The van der Waals surface area contributed by atoms with Gasteiger partial charge in [-0.3, -0.25) is 0 Å². The Balaban J connectivity index is 0. The Morgan fingerprint density at radius 2 is 1.75 bits per heavy atom. The van der Waals surface area contributed by atoms with E-state index in [4.69, 9.17) is 10.2 Å². The van der Waals surface area contributed by atoms with Crippen molar-refractivity contribution in [3.8, 4) is 0 Å². The molecular formula is CHNOSe. The van der Waals surface area contributed by atoms with E-state index >= 15 is 0 Å². The molecule has 2 nitrogen and oxygen atoms in total. The zero-order chi connectivity index (χ0) is 2.71. The third-order valence-electron chi connectivity index (χ3n) is 0. The molecule has 0 saturated carbocycles. The van der Waals surface area contributed by atoms with Crippen LogP contribution in [0, 0.1) is 5.41 Å². The van der Waals surface area contributed by atoms with Crippen molar-refractivity contribution in [3.05, 3.63) is 0 Å². The molecule has 2 radical (unpaired) electrons. The van der Waals surface area contributed by atoms with Gasteiger partial charge < -0.3 is 0 Å². The standard InChI is InChI=1S/CHNO.Se/c2-1-3;/h2H;. The predicted molar refractivity (Wildman–Crippen MR) is 14.2 cm³/mol. The van der Waals surface area contributed by atoms with Crippen LogP contribution in [0.25, 0.3) is 0 Å². The second-order valence-electron chi connectivity index (χ2n) is 0.102. The molecule has 4 heavy (non-hydrogen) atoms. The van der Waals surface area contributed by atoms with Gasteiger partial charge in [0.25, 0.3) is 0 Å². The van der Waals surface area contributed by atoms with Crippen LogP contribution in [0.3, 0.4) is 0 Å². The monoisotopic (exact) mass is 123 g/mol. The molecule has 0 aliphatic heterocycles. The Bertz CT molecular complexity index is 29.0. The smallest absolute Gasteiger partial charge is 0.222 e. The van der Waals surface area contributed by atoms with E-state index in [0.717, 1.165) is 6.08 Å². The summed E-state index contributed by atoms with van der Waals surface area (Å²) in [5.41, 5.74) is 0. The molecule has 0 amide bonds. The Morgan fingerprint density at radius 3 is 1.75 bits per heavy atom. The van der Waals surface area contributed by atoms with Crippen LogP contribution in [-0.2, 0) is 4.79 Å². The van der Waals surface area contributed by atoms with Crippen LogP contribution >= 0.6 is 0 Å². The molecule has 0 aliphatic rings. The number of isocyanates is 1. The van der Waals surface area contributed by atoms with Crippen LogP contribution in [0.2, 0.25) is 0 Å². The fourth-order valence-electron chi connectivity index (χ4n) is 0. The predicted octanol–water partition coefficient (Wildman–Crippen LogP) is -0.480. The first kappa shape index (κ1) is 9.09. The zero-order valence-electron chi connectivity index (χ0n) is 1.82. The quantitative estimate of drug-likeness (QED) is 0.263. The number of hydrogen-bond acceptors (Lipinski definition) is 2. The van der Waals surface area contributed by atoms with Crippen molar-refractivity contribution in [1.82, 2.24) is 0 Å². The topological polar surface area (TPSA) is 40.9 Å². The van der Waals surface area contributed by atoms with Crippen LogP contribution in [0.4, 0.5) is 0 Å². The van der Waals surface area contributed by atoms with Gasteiger partial charge in [-0.15, -0.1) is 0 Å². The number of carbonyl (C=O) groups excluding carboxylic acids is 1. The minimum atomic E-state index is 0. The molecule has 3 heteroatoms. The summed E-state index contributed by atoms with van der Waals surface area (Å²) in [6, 6.07) is 0. The van der Waals surface area contributed by atoms with Gasteiger partial charge in [0.2, 0.25) is 6.08 Å². The molecule has 0 unspecified atom stereocenters. The minimum Gasteiger partial charge on any atom is -0.222 e. The molecule has 0 aliphatic carbocycles. The van der Waals surface area contributed by atoms with E-state index in [1.165, 1.54) is 0 Å². The number of nitrogens with one attached hydrogen (secondary N) is 1. The molecule has 22 valence electrons. The van der Waals surface area contributed by atoms with E-state index in [0.29, 0.717) is 0 Å². The Labute approximate surface area is 34.2 Å². The van der Waals surface area contributed by atoms with Crippen molar-refractivity contribution in [2.24, 2.45) is 0 Å². The number of rotatable bonds is 0. The van der Waals surface area contributed by atoms with E-state index in [1.807, 2.05) is 0 Å². The van der Waals surface area contributed by atoms with Crippen LogP contribution in [0.15, 0.2) is 0 Å². The molecule has 0 saturated heterocycles. The summed E-state index contributed by atoms with van der Waals surface area (Å²) in [4.78, 5) is 8.35. The summed E-state index contributed by atoms with van der Waals surface area (Å²) in [7, 11) is 0. The maximum absolute atomic E-state index is 8.35. The van der Waals surface area contributed by atoms with Crippen LogP contribution < -0.4 is 0 Å². The van der Waals surface area contributed by atoms with Gasteiger partial charge in [-0.2, -0.15) is 0 Å². The summed E-state index contributed by atoms with van der Waals surface area (Å²) in [5.74, 6) is 0. The third kappa shape index (κ3) is 152. The fraction of sp³-hybridized carbons (Fsp3) is 0. The molecule has 0 bridgehead atoms. The molecule has 0 spiro atoms. The first-order valence-electron chi connectivity index (χ1n) is 0.454. The average Bonchev–Trinajstić information content (AvgIpc) is 0.918. The van der Waals surface area contributed by atoms with Crippen LogP contribution in [0.5, 0.6) is 0 Å². The largest absolute Gasteiger partial charge is 0.231 e. The Morgan fingerprint density at radius 1 is 1.75 bits per heavy atom. The van der Waals surface area contributed by atoms with Gasteiger partial charge >= 0.3 is 0 Å². The fourth-order valence-corrected chi connectivity index (χ4v) is 0. The Hall–Kier alpha value is -0.101. The number of hydrogen-bond donors (Lipinski definition) is 1. The SMILES string of the molecule is N=C=O.[Se]. The van der Waals surface area contributed by atoms with Crippen molar-refractivity contribution in [2.75, 3.05) is 0 Å². The van der Waals surface area contributed by atoms with Gasteiger partial charge in [0.15, 0.2) is 0 Å². The van der Waals surface area contributed by atoms with Gasteiger partial charge in [-0.1, -0.05) is 0 Å². The van der Waals surface area contributed by atoms with Crippen molar-refractivity contribution < 1.29 is 4.79 Å². The molecule has 0 heterocycles. The second-order valence-corrected chi connectivity index (χ2v) is 0.102. The van der Waals surface area contributed by atoms with Gasteiger partial charge in [0.05, 0.1) is 0 Å². The molecule has 0 fully saturated rings. The Kier molecular flexibility index (Phi) is 29.4. The zero-order valence-corrected chi connectivity index (χ0v) is 3.53. The minimum absolute atomic E-state index is 0. The van der Waals surface area contributed by atoms with E-state index in [2.05, 4.69) is 0 Å². The third-order valence-corrected chi connectivity index (χ3v) is 0. The maximum atomic E-state index is 8.35. The molecule has 0 aromatic carbocycles. The van der Waals surface area contributed by atoms with Crippen LogP contribution in [0.1, 0.15) is 0 Å². The molecule has 0 aromatic heterocycles. The van der Waals surface area contributed by atoms with Gasteiger partial charge in [-0.25, -0.2) is 10.2 Å². The van der Waals surface area contributed by atoms with Crippen molar-refractivity contribution in [1.29, 1.82) is 5.41 Å². The first-order valence-corrected chi connectivity index (χ1v) is 0.454. The maximum Gasteiger partial charge on any atom is 0.231 e. The summed E-state index contributed by atoms with van der Waals surface area (Å²) in [6.07, 6.45) is 0.750. The second kappa shape index (κ2) is 12.9. The summed E-state index contributed by atoms with van der Waals surface area (Å²) < 4.78 is 0. The average molecular weight is 122 g/mol. The molecule has 1 N–H and O–H groups in total. The van der Waals surface area contributed by atoms with Crippen molar-refractivity contribution in [3.63, 3.8) is 0 Å². The van der Waals surface area contributed by atoms with Crippen LogP contribution in [-0.4, -0.2) is 23.1 Å². The van der Waals surface area contributed by atoms with Gasteiger partial charge in [-0.05, 0) is 0 Å². The van der Waals surface area contributed by atoms with E-state index < -0.39 is 0 Å². The summed E-state index contributed by atoms with van der Waals surface area (Å²) in [5, 5.41) is 5.40.